The molecule has 2 N–H and O–H groups in total. The van der Waals surface area contributed by atoms with E-state index in [0.29, 0.717) is 23.8 Å². The van der Waals surface area contributed by atoms with Gasteiger partial charge in [-0.15, -0.1) is 24.2 Å². The van der Waals surface area contributed by atoms with E-state index < -0.39 is 0 Å². The number of hydrogen-bond donors (Lipinski definition) is 1. The standard InChI is InChI=1S/C13H22N2OS.ClH/c14-11-4-1-3-9-7-15(8-10(9)11)13(16)12-5-2-6-17-12;/h9-12H,1-8,14H2;1H. The molecule has 2 saturated heterocycles. The fourth-order valence-electron chi connectivity index (χ4n) is 3.67. The maximum atomic E-state index is 12.4. The van der Waals surface area contributed by atoms with Crippen LogP contribution in [0.4, 0.5) is 0 Å². The van der Waals surface area contributed by atoms with Crippen molar-refractivity contribution in [2.75, 3.05) is 18.8 Å². The van der Waals surface area contributed by atoms with E-state index in [4.69, 9.17) is 5.73 Å². The average molecular weight is 291 g/mol. The van der Waals surface area contributed by atoms with E-state index in [2.05, 4.69) is 4.90 Å². The first kappa shape index (κ1) is 14.5. The molecule has 0 aromatic rings. The van der Waals surface area contributed by atoms with Crippen molar-refractivity contribution in [2.45, 2.75) is 43.4 Å². The zero-order chi connectivity index (χ0) is 11.8. The molecule has 4 atom stereocenters. The van der Waals surface area contributed by atoms with Crippen LogP contribution in [0.1, 0.15) is 32.1 Å². The molecule has 3 rings (SSSR count). The Morgan fingerprint density at radius 3 is 2.67 bits per heavy atom. The second-order valence-corrected chi connectivity index (χ2v) is 7.07. The lowest BCUT2D eigenvalue weighted by Gasteiger charge is -2.29. The molecule has 1 amide bonds. The van der Waals surface area contributed by atoms with Crippen molar-refractivity contribution in [3.8, 4) is 0 Å². The topological polar surface area (TPSA) is 46.3 Å². The highest BCUT2D eigenvalue weighted by Gasteiger charge is 2.42. The Hall–Kier alpha value is 0.0700. The zero-order valence-electron chi connectivity index (χ0n) is 10.7. The molecule has 0 radical (unpaired) electrons. The fraction of sp³-hybridized carbons (Fsp3) is 0.923. The molecule has 3 nitrogen and oxygen atoms in total. The fourth-order valence-corrected chi connectivity index (χ4v) is 4.92. The molecule has 3 fully saturated rings. The first-order valence-electron chi connectivity index (χ1n) is 6.91. The summed E-state index contributed by atoms with van der Waals surface area (Å²) in [7, 11) is 0. The Bertz CT molecular complexity index is 309. The van der Waals surface area contributed by atoms with Gasteiger partial charge in [-0.1, -0.05) is 6.42 Å². The lowest BCUT2D eigenvalue weighted by atomic mass is 9.78. The largest absolute Gasteiger partial charge is 0.341 e. The number of carbonyl (C=O) groups excluding carboxylic acids is 1. The van der Waals surface area contributed by atoms with E-state index in [1.165, 1.54) is 19.3 Å². The van der Waals surface area contributed by atoms with Crippen LogP contribution < -0.4 is 5.73 Å². The monoisotopic (exact) mass is 290 g/mol. The molecule has 104 valence electrons. The summed E-state index contributed by atoms with van der Waals surface area (Å²) in [6.45, 7) is 1.91. The number of rotatable bonds is 1. The molecule has 1 aliphatic carbocycles. The summed E-state index contributed by atoms with van der Waals surface area (Å²) >= 11 is 1.85. The average Bonchev–Trinajstić information content (AvgIpc) is 2.98. The number of carbonyl (C=O) groups is 1. The van der Waals surface area contributed by atoms with Crippen LogP contribution in [0.3, 0.4) is 0 Å². The minimum Gasteiger partial charge on any atom is -0.341 e. The van der Waals surface area contributed by atoms with Gasteiger partial charge in [0.05, 0.1) is 5.25 Å². The Balaban J connectivity index is 0.00000120. The van der Waals surface area contributed by atoms with Crippen LogP contribution in [0.2, 0.25) is 0 Å². The maximum Gasteiger partial charge on any atom is 0.235 e. The summed E-state index contributed by atoms with van der Waals surface area (Å²) in [6, 6.07) is 0.336. The van der Waals surface area contributed by atoms with Gasteiger partial charge in [-0.05, 0) is 43.3 Å². The number of halogens is 1. The summed E-state index contributed by atoms with van der Waals surface area (Å²) in [5.74, 6) is 2.83. The Morgan fingerprint density at radius 1 is 1.17 bits per heavy atom. The van der Waals surface area contributed by atoms with Crippen LogP contribution in [-0.2, 0) is 4.79 Å². The predicted octanol–water partition coefficient (Wildman–Crippen LogP) is 1.89. The second-order valence-electron chi connectivity index (χ2n) is 5.76. The van der Waals surface area contributed by atoms with Crippen LogP contribution in [0.5, 0.6) is 0 Å². The Morgan fingerprint density at radius 2 is 2.00 bits per heavy atom. The van der Waals surface area contributed by atoms with Gasteiger partial charge in [0.15, 0.2) is 0 Å². The van der Waals surface area contributed by atoms with Gasteiger partial charge >= 0.3 is 0 Å². The molecule has 1 saturated carbocycles. The lowest BCUT2D eigenvalue weighted by Crippen LogP contribution is -2.39. The van der Waals surface area contributed by atoms with E-state index >= 15 is 0 Å². The highest BCUT2D eigenvalue weighted by Crippen LogP contribution is 2.37. The first-order chi connectivity index (χ1) is 8.25. The molecular weight excluding hydrogens is 268 g/mol. The quantitative estimate of drug-likeness (QED) is 0.802. The molecule has 2 heterocycles. The van der Waals surface area contributed by atoms with Gasteiger partial charge in [0.1, 0.15) is 0 Å². The highest BCUT2D eigenvalue weighted by atomic mass is 35.5. The van der Waals surface area contributed by atoms with Crippen molar-refractivity contribution in [3.05, 3.63) is 0 Å². The SMILES string of the molecule is Cl.NC1CCCC2CN(C(=O)C3CCCS3)CC12. The number of hydrogen-bond acceptors (Lipinski definition) is 3. The zero-order valence-corrected chi connectivity index (χ0v) is 12.3. The number of nitrogens with two attached hydrogens (primary N) is 1. The van der Waals surface area contributed by atoms with Crippen LogP contribution in [0.25, 0.3) is 0 Å². The smallest absolute Gasteiger partial charge is 0.235 e. The number of amides is 1. The van der Waals surface area contributed by atoms with Gasteiger partial charge in [-0.3, -0.25) is 4.79 Å². The van der Waals surface area contributed by atoms with Crippen molar-refractivity contribution >= 4 is 30.1 Å². The molecule has 4 unspecified atom stereocenters. The van der Waals surface area contributed by atoms with Gasteiger partial charge in [-0.2, -0.15) is 0 Å². The van der Waals surface area contributed by atoms with E-state index in [9.17, 15) is 4.79 Å². The molecule has 0 bridgehead atoms. The third-order valence-corrected chi connectivity index (χ3v) is 6.03. The lowest BCUT2D eigenvalue weighted by molar-refractivity contribution is -0.129. The number of thioether (sulfide) groups is 1. The highest BCUT2D eigenvalue weighted by molar-refractivity contribution is 8.00. The molecular formula is C13H23ClN2OS. The van der Waals surface area contributed by atoms with Gasteiger partial charge in [0, 0.05) is 19.1 Å². The molecule has 5 heteroatoms. The minimum absolute atomic E-state index is 0. The molecule has 0 aromatic carbocycles. The minimum atomic E-state index is 0. The van der Waals surface area contributed by atoms with Gasteiger partial charge in [-0.25, -0.2) is 0 Å². The van der Waals surface area contributed by atoms with Crippen LogP contribution >= 0.6 is 24.2 Å². The molecule has 0 aromatic heterocycles. The number of nitrogens with zero attached hydrogens (tertiary/aromatic N) is 1. The summed E-state index contributed by atoms with van der Waals surface area (Å²) < 4.78 is 0. The predicted molar refractivity (Wildman–Crippen MR) is 78.1 cm³/mol. The maximum absolute atomic E-state index is 12.4. The first-order valence-corrected chi connectivity index (χ1v) is 7.96. The van der Waals surface area contributed by atoms with Crippen molar-refractivity contribution in [1.29, 1.82) is 0 Å². The molecule has 3 aliphatic rings. The van der Waals surface area contributed by atoms with E-state index in [0.717, 1.165) is 31.7 Å². The molecule has 0 spiro atoms. The number of fused-ring (bicyclic) bond motifs is 1. The van der Waals surface area contributed by atoms with Gasteiger partial charge in [0.2, 0.25) is 5.91 Å². The normalized spacial score (nSPS) is 39.3. The van der Waals surface area contributed by atoms with Gasteiger partial charge in [0.25, 0.3) is 0 Å². The second kappa shape index (κ2) is 6.02. The van der Waals surface area contributed by atoms with E-state index in [1.54, 1.807) is 0 Å². The van der Waals surface area contributed by atoms with E-state index in [-0.39, 0.29) is 17.7 Å². The van der Waals surface area contributed by atoms with E-state index in [1.807, 2.05) is 11.8 Å². The van der Waals surface area contributed by atoms with Crippen molar-refractivity contribution in [1.82, 2.24) is 4.90 Å². The van der Waals surface area contributed by atoms with Crippen LogP contribution in [-0.4, -0.2) is 40.9 Å². The molecule has 18 heavy (non-hydrogen) atoms. The molecule has 2 aliphatic heterocycles. The van der Waals surface area contributed by atoms with Crippen molar-refractivity contribution in [2.24, 2.45) is 17.6 Å². The summed E-state index contributed by atoms with van der Waals surface area (Å²) in [5.41, 5.74) is 6.19. The van der Waals surface area contributed by atoms with Crippen molar-refractivity contribution < 1.29 is 4.79 Å². The van der Waals surface area contributed by atoms with Crippen LogP contribution in [0.15, 0.2) is 0 Å². The summed E-state index contributed by atoms with van der Waals surface area (Å²) in [5, 5.41) is 0.256. The van der Waals surface area contributed by atoms with Crippen molar-refractivity contribution in [3.63, 3.8) is 0 Å². The Kier molecular flexibility index (Phi) is 4.84. The third kappa shape index (κ3) is 2.66. The Labute approximate surface area is 120 Å². The number of likely N-dealkylation sites (tertiary alicyclic amines) is 1. The summed E-state index contributed by atoms with van der Waals surface area (Å²) in [6.07, 6.45) is 5.98. The third-order valence-electron chi connectivity index (χ3n) is 4.67. The summed E-state index contributed by atoms with van der Waals surface area (Å²) in [4.78, 5) is 14.5. The van der Waals surface area contributed by atoms with Crippen LogP contribution in [0, 0.1) is 11.8 Å². The van der Waals surface area contributed by atoms with Gasteiger partial charge < -0.3 is 10.6 Å².